The second-order valence-electron chi connectivity index (χ2n) is 3.30. The van der Waals surface area contributed by atoms with E-state index < -0.39 is 11.7 Å². The summed E-state index contributed by atoms with van der Waals surface area (Å²) in [5.74, 6) is -0.326. The van der Waals surface area contributed by atoms with Crippen molar-refractivity contribution in [3.8, 4) is 11.5 Å². The highest BCUT2D eigenvalue weighted by Gasteiger charge is 2.04. The van der Waals surface area contributed by atoms with Gasteiger partial charge in [0.2, 0.25) is 0 Å². The monoisotopic (exact) mass is 232 g/mol. The molecule has 1 aromatic heterocycles. The predicted octanol–water partition coefficient (Wildman–Crippen LogP) is 2.11. The van der Waals surface area contributed by atoms with Crippen LogP contribution in [0.15, 0.2) is 42.6 Å². The minimum atomic E-state index is -0.644. The van der Waals surface area contributed by atoms with Crippen molar-refractivity contribution in [2.24, 2.45) is 5.73 Å². The van der Waals surface area contributed by atoms with E-state index in [1.165, 1.54) is 30.5 Å². The maximum Gasteiger partial charge on any atom is 0.267 e. The first-order valence-corrected chi connectivity index (χ1v) is 4.84. The summed E-state index contributed by atoms with van der Waals surface area (Å²) in [6, 6.07) is 8.64. The molecule has 0 radical (unpaired) electrons. The Morgan fingerprint density at radius 2 is 2.00 bits per heavy atom. The maximum absolute atomic E-state index is 12.9. The van der Waals surface area contributed by atoms with E-state index in [2.05, 4.69) is 4.98 Å². The Morgan fingerprint density at radius 3 is 2.71 bits per heavy atom. The lowest BCUT2D eigenvalue weighted by atomic mass is 10.3. The second kappa shape index (κ2) is 4.61. The topological polar surface area (TPSA) is 65.2 Å². The number of nitrogens with two attached hydrogens (primary N) is 1. The number of ether oxygens (including phenoxy) is 1. The van der Waals surface area contributed by atoms with Gasteiger partial charge in [-0.05, 0) is 18.2 Å². The summed E-state index contributed by atoms with van der Waals surface area (Å²) < 4.78 is 18.3. The third-order valence-electron chi connectivity index (χ3n) is 2.02. The van der Waals surface area contributed by atoms with Gasteiger partial charge in [-0.2, -0.15) is 0 Å². The van der Waals surface area contributed by atoms with E-state index in [-0.39, 0.29) is 5.69 Å². The molecule has 2 rings (SSSR count). The van der Waals surface area contributed by atoms with Crippen LogP contribution in [0.4, 0.5) is 4.39 Å². The average molecular weight is 232 g/mol. The molecule has 0 aliphatic rings. The summed E-state index contributed by atoms with van der Waals surface area (Å²) in [5.41, 5.74) is 5.18. The van der Waals surface area contributed by atoms with E-state index in [0.717, 1.165) is 0 Å². The van der Waals surface area contributed by atoms with Gasteiger partial charge in [-0.25, -0.2) is 4.39 Å². The van der Waals surface area contributed by atoms with Gasteiger partial charge in [-0.1, -0.05) is 6.07 Å². The Hall–Kier alpha value is -2.43. The van der Waals surface area contributed by atoms with E-state index in [9.17, 15) is 9.18 Å². The van der Waals surface area contributed by atoms with Gasteiger partial charge in [0.15, 0.2) is 0 Å². The lowest BCUT2D eigenvalue weighted by Crippen LogP contribution is -2.12. The summed E-state index contributed by atoms with van der Waals surface area (Å²) in [4.78, 5) is 14.7. The third-order valence-corrected chi connectivity index (χ3v) is 2.02. The molecule has 1 heterocycles. The number of amides is 1. The minimum absolute atomic E-state index is 0.0962. The molecule has 2 N–H and O–H groups in total. The summed E-state index contributed by atoms with van der Waals surface area (Å²) in [6.45, 7) is 0. The van der Waals surface area contributed by atoms with Crippen molar-refractivity contribution in [1.82, 2.24) is 4.98 Å². The summed E-state index contributed by atoms with van der Waals surface area (Å²) in [7, 11) is 0. The Labute approximate surface area is 96.9 Å². The van der Waals surface area contributed by atoms with E-state index in [1.54, 1.807) is 12.1 Å². The van der Waals surface area contributed by atoms with Crippen LogP contribution in [0.1, 0.15) is 10.5 Å². The van der Waals surface area contributed by atoms with Gasteiger partial charge in [-0.15, -0.1) is 0 Å². The molecule has 0 aliphatic carbocycles. The maximum atomic E-state index is 12.9. The van der Waals surface area contributed by atoms with Crippen LogP contribution in [0.5, 0.6) is 11.5 Å². The molecule has 1 aromatic carbocycles. The first-order chi connectivity index (χ1) is 8.15. The number of carbonyl (C=O) groups is 1. The van der Waals surface area contributed by atoms with E-state index >= 15 is 0 Å². The van der Waals surface area contributed by atoms with Gasteiger partial charge >= 0.3 is 0 Å². The lowest BCUT2D eigenvalue weighted by molar-refractivity contribution is 0.0995. The third kappa shape index (κ3) is 2.78. The van der Waals surface area contributed by atoms with Gasteiger partial charge < -0.3 is 10.5 Å². The molecule has 0 spiro atoms. The number of primary amides is 1. The first-order valence-electron chi connectivity index (χ1n) is 4.84. The van der Waals surface area contributed by atoms with Gasteiger partial charge in [0, 0.05) is 18.3 Å². The molecule has 0 bridgehead atoms. The van der Waals surface area contributed by atoms with Gasteiger partial charge in [-0.3, -0.25) is 9.78 Å². The average Bonchev–Trinajstić information content (AvgIpc) is 2.29. The van der Waals surface area contributed by atoms with Crippen LogP contribution in [-0.4, -0.2) is 10.9 Å². The van der Waals surface area contributed by atoms with Crippen LogP contribution in [-0.2, 0) is 0 Å². The molecule has 17 heavy (non-hydrogen) atoms. The van der Waals surface area contributed by atoms with E-state index in [1.807, 2.05) is 0 Å². The molecular weight excluding hydrogens is 223 g/mol. The zero-order valence-electron chi connectivity index (χ0n) is 8.76. The largest absolute Gasteiger partial charge is 0.457 e. The van der Waals surface area contributed by atoms with Crippen molar-refractivity contribution < 1.29 is 13.9 Å². The van der Waals surface area contributed by atoms with Gasteiger partial charge in [0.1, 0.15) is 23.0 Å². The molecule has 0 saturated heterocycles. The molecule has 1 amide bonds. The Bertz CT molecular complexity index is 558. The number of aromatic nitrogens is 1. The number of carbonyl (C=O) groups excluding carboxylic acids is 1. The quantitative estimate of drug-likeness (QED) is 0.881. The number of hydrogen-bond donors (Lipinski definition) is 1. The Kier molecular flexibility index (Phi) is 3.00. The molecule has 0 fully saturated rings. The zero-order chi connectivity index (χ0) is 12.3. The molecule has 0 saturated carbocycles. The molecule has 0 unspecified atom stereocenters. The fourth-order valence-electron chi connectivity index (χ4n) is 1.28. The smallest absolute Gasteiger partial charge is 0.267 e. The molecular formula is C12H9FN2O2. The fraction of sp³-hybridized carbons (Fsp3) is 0. The number of halogens is 1. The summed E-state index contributed by atoms with van der Waals surface area (Å²) in [6.07, 6.45) is 1.40. The van der Waals surface area contributed by atoms with Gasteiger partial charge in [0.05, 0.1) is 0 Å². The van der Waals surface area contributed by atoms with Crippen molar-refractivity contribution in [2.75, 3.05) is 0 Å². The molecule has 86 valence electrons. The summed E-state index contributed by atoms with van der Waals surface area (Å²) >= 11 is 0. The second-order valence-corrected chi connectivity index (χ2v) is 3.30. The SMILES string of the molecule is NC(=O)c1cc(Oc2cccc(F)c2)ccn1. The number of rotatable bonds is 3. The molecule has 2 aromatic rings. The van der Waals surface area contributed by atoms with Crippen molar-refractivity contribution in [3.05, 3.63) is 54.1 Å². The van der Waals surface area contributed by atoms with Gasteiger partial charge in [0.25, 0.3) is 5.91 Å². The van der Waals surface area contributed by atoms with Crippen molar-refractivity contribution in [1.29, 1.82) is 0 Å². The molecule has 5 heteroatoms. The highest BCUT2D eigenvalue weighted by molar-refractivity contribution is 5.91. The normalized spacial score (nSPS) is 9.94. The fourth-order valence-corrected chi connectivity index (χ4v) is 1.28. The standard InChI is InChI=1S/C12H9FN2O2/c13-8-2-1-3-9(6-8)17-10-4-5-15-11(7-10)12(14)16/h1-7H,(H2,14,16). The van der Waals surface area contributed by atoms with Crippen LogP contribution < -0.4 is 10.5 Å². The Morgan fingerprint density at radius 1 is 1.24 bits per heavy atom. The van der Waals surface area contributed by atoms with Crippen molar-refractivity contribution in [2.45, 2.75) is 0 Å². The van der Waals surface area contributed by atoms with Crippen LogP contribution in [0, 0.1) is 5.82 Å². The highest BCUT2D eigenvalue weighted by atomic mass is 19.1. The first kappa shape index (κ1) is 11.1. The summed E-state index contributed by atoms with van der Waals surface area (Å²) in [5, 5.41) is 0. The van der Waals surface area contributed by atoms with E-state index in [4.69, 9.17) is 10.5 Å². The lowest BCUT2D eigenvalue weighted by Gasteiger charge is -2.05. The van der Waals surface area contributed by atoms with Crippen LogP contribution in [0.3, 0.4) is 0 Å². The predicted molar refractivity (Wildman–Crippen MR) is 59.2 cm³/mol. The molecule has 0 atom stereocenters. The van der Waals surface area contributed by atoms with Crippen molar-refractivity contribution in [3.63, 3.8) is 0 Å². The van der Waals surface area contributed by atoms with Crippen LogP contribution >= 0.6 is 0 Å². The molecule has 4 nitrogen and oxygen atoms in total. The Balaban J connectivity index is 2.24. The van der Waals surface area contributed by atoms with Crippen LogP contribution in [0.25, 0.3) is 0 Å². The van der Waals surface area contributed by atoms with E-state index in [0.29, 0.717) is 11.5 Å². The zero-order valence-corrected chi connectivity index (χ0v) is 8.76. The van der Waals surface area contributed by atoms with Crippen molar-refractivity contribution >= 4 is 5.91 Å². The number of pyridine rings is 1. The highest BCUT2D eigenvalue weighted by Crippen LogP contribution is 2.21. The minimum Gasteiger partial charge on any atom is -0.457 e. The number of nitrogens with zero attached hydrogens (tertiary/aromatic N) is 1. The van der Waals surface area contributed by atoms with Crippen LogP contribution in [0.2, 0.25) is 0 Å². The molecule has 0 aliphatic heterocycles. The number of hydrogen-bond acceptors (Lipinski definition) is 3. The number of benzene rings is 1.